The maximum atomic E-state index is 10.9. The van der Waals surface area contributed by atoms with Gasteiger partial charge in [-0.15, -0.1) is 0 Å². The van der Waals surface area contributed by atoms with Crippen molar-refractivity contribution in [3.8, 4) is 0 Å². The van der Waals surface area contributed by atoms with Crippen molar-refractivity contribution in [3.05, 3.63) is 24.3 Å². The van der Waals surface area contributed by atoms with Crippen LogP contribution in [-0.2, 0) is 14.3 Å². The number of carboxylic acids is 1. The number of esters is 1. The van der Waals surface area contributed by atoms with Crippen LogP contribution in [0.1, 0.15) is 19.8 Å². The summed E-state index contributed by atoms with van der Waals surface area (Å²) in [6.45, 7) is 8.51. The summed E-state index contributed by atoms with van der Waals surface area (Å²) in [5.74, 6) is -1.47. The maximum absolute atomic E-state index is 10.9. The highest BCUT2D eigenvalue weighted by Crippen LogP contribution is 2.03. The first-order chi connectivity index (χ1) is 6.45. The fraction of sp³-hybridized carbons (Fsp3) is 0.400. The lowest BCUT2D eigenvalue weighted by molar-refractivity contribution is -0.139. The molecule has 0 aliphatic heterocycles. The standard InChI is InChI=1S/C10H14O4/c1-7(2)10(13)14-6-4-5-8(3)9(11)12/h1,3-6H2,2H3,(H,11,12). The fourth-order valence-corrected chi connectivity index (χ4v) is 0.681. The number of carboxylic acid groups (broad SMARTS) is 1. The number of carbonyl (C=O) groups excluding carboxylic acids is 1. The van der Waals surface area contributed by atoms with Crippen LogP contribution in [0.2, 0.25) is 0 Å². The number of hydrogen-bond donors (Lipinski definition) is 1. The van der Waals surface area contributed by atoms with E-state index in [1.54, 1.807) is 6.92 Å². The molecule has 0 saturated heterocycles. The minimum Gasteiger partial charge on any atom is -0.478 e. The van der Waals surface area contributed by atoms with Crippen LogP contribution in [0.3, 0.4) is 0 Å². The average Bonchev–Trinajstić information content (AvgIpc) is 2.11. The van der Waals surface area contributed by atoms with Gasteiger partial charge in [0.1, 0.15) is 0 Å². The number of hydrogen-bond acceptors (Lipinski definition) is 3. The molecule has 0 unspecified atom stereocenters. The van der Waals surface area contributed by atoms with E-state index in [4.69, 9.17) is 9.84 Å². The molecule has 0 bridgehead atoms. The number of ether oxygens (including phenoxy) is 1. The molecule has 0 aromatic heterocycles. The van der Waals surface area contributed by atoms with Crippen molar-refractivity contribution in [2.75, 3.05) is 6.61 Å². The van der Waals surface area contributed by atoms with Crippen molar-refractivity contribution in [3.63, 3.8) is 0 Å². The Labute approximate surface area is 82.9 Å². The zero-order chi connectivity index (χ0) is 11.1. The van der Waals surface area contributed by atoms with Crippen LogP contribution < -0.4 is 0 Å². The third-order valence-corrected chi connectivity index (χ3v) is 1.51. The van der Waals surface area contributed by atoms with Gasteiger partial charge in [0.25, 0.3) is 0 Å². The van der Waals surface area contributed by atoms with E-state index in [-0.39, 0.29) is 12.2 Å². The molecule has 4 nitrogen and oxygen atoms in total. The zero-order valence-corrected chi connectivity index (χ0v) is 8.21. The van der Waals surface area contributed by atoms with Crippen LogP contribution in [0.5, 0.6) is 0 Å². The Morgan fingerprint density at radius 2 is 1.93 bits per heavy atom. The second-order valence-corrected chi connectivity index (χ2v) is 2.93. The van der Waals surface area contributed by atoms with Gasteiger partial charge < -0.3 is 9.84 Å². The summed E-state index contributed by atoms with van der Waals surface area (Å²) in [4.78, 5) is 21.2. The van der Waals surface area contributed by atoms with Crippen molar-refractivity contribution in [2.24, 2.45) is 0 Å². The molecule has 0 aromatic carbocycles. The van der Waals surface area contributed by atoms with Crippen molar-refractivity contribution < 1.29 is 19.4 Å². The molecular weight excluding hydrogens is 184 g/mol. The molecular formula is C10H14O4. The molecule has 0 amide bonds. The van der Waals surface area contributed by atoms with Gasteiger partial charge in [0.05, 0.1) is 6.61 Å². The Balaban J connectivity index is 3.57. The predicted octanol–water partition coefficient (Wildman–Crippen LogP) is 1.53. The molecule has 4 heteroatoms. The highest BCUT2D eigenvalue weighted by atomic mass is 16.5. The average molecular weight is 198 g/mol. The molecule has 0 aliphatic rings. The molecule has 0 aliphatic carbocycles. The van der Waals surface area contributed by atoms with Gasteiger partial charge in [0, 0.05) is 11.1 Å². The molecule has 0 saturated carbocycles. The smallest absolute Gasteiger partial charge is 0.333 e. The first-order valence-corrected chi connectivity index (χ1v) is 4.19. The lowest BCUT2D eigenvalue weighted by Gasteiger charge is -2.03. The van der Waals surface area contributed by atoms with E-state index in [9.17, 15) is 9.59 Å². The molecule has 0 atom stereocenters. The van der Waals surface area contributed by atoms with E-state index in [1.165, 1.54) is 0 Å². The summed E-state index contributed by atoms with van der Waals surface area (Å²) < 4.78 is 4.76. The minimum atomic E-state index is -1.02. The summed E-state index contributed by atoms with van der Waals surface area (Å²) in [5, 5.41) is 8.46. The van der Waals surface area contributed by atoms with Crippen molar-refractivity contribution >= 4 is 11.9 Å². The lowest BCUT2D eigenvalue weighted by atomic mass is 10.2. The third-order valence-electron chi connectivity index (χ3n) is 1.51. The zero-order valence-electron chi connectivity index (χ0n) is 8.21. The van der Waals surface area contributed by atoms with E-state index in [0.717, 1.165) is 0 Å². The molecule has 0 aromatic rings. The van der Waals surface area contributed by atoms with Gasteiger partial charge in [-0.2, -0.15) is 0 Å². The van der Waals surface area contributed by atoms with Gasteiger partial charge in [-0.25, -0.2) is 9.59 Å². The summed E-state index contributed by atoms with van der Waals surface area (Å²) in [5.41, 5.74) is 0.457. The van der Waals surface area contributed by atoms with E-state index < -0.39 is 11.9 Å². The second kappa shape index (κ2) is 5.96. The molecule has 0 rings (SSSR count). The summed E-state index contributed by atoms with van der Waals surface area (Å²) >= 11 is 0. The summed E-state index contributed by atoms with van der Waals surface area (Å²) in [6.07, 6.45) is 0.781. The van der Waals surface area contributed by atoms with Crippen LogP contribution in [0.15, 0.2) is 24.3 Å². The highest BCUT2D eigenvalue weighted by Gasteiger charge is 2.05. The van der Waals surface area contributed by atoms with Gasteiger partial charge in [-0.3, -0.25) is 0 Å². The van der Waals surface area contributed by atoms with Gasteiger partial charge in [0.2, 0.25) is 0 Å². The molecule has 0 spiro atoms. The summed E-state index contributed by atoms with van der Waals surface area (Å²) in [7, 11) is 0. The number of carbonyl (C=O) groups is 2. The molecule has 1 N–H and O–H groups in total. The number of rotatable bonds is 6. The topological polar surface area (TPSA) is 63.6 Å². The predicted molar refractivity (Wildman–Crippen MR) is 51.8 cm³/mol. The van der Waals surface area contributed by atoms with Gasteiger partial charge >= 0.3 is 11.9 Å². The summed E-state index contributed by atoms with van der Waals surface area (Å²) in [6, 6.07) is 0. The quantitative estimate of drug-likeness (QED) is 0.399. The first-order valence-electron chi connectivity index (χ1n) is 4.19. The molecule has 0 fully saturated rings. The van der Waals surface area contributed by atoms with Crippen molar-refractivity contribution in [1.82, 2.24) is 0 Å². The van der Waals surface area contributed by atoms with Gasteiger partial charge in [-0.1, -0.05) is 13.2 Å². The van der Waals surface area contributed by atoms with Crippen LogP contribution in [0.4, 0.5) is 0 Å². The van der Waals surface area contributed by atoms with Crippen molar-refractivity contribution in [1.29, 1.82) is 0 Å². The van der Waals surface area contributed by atoms with Crippen molar-refractivity contribution in [2.45, 2.75) is 19.8 Å². The van der Waals surface area contributed by atoms with E-state index in [1.807, 2.05) is 0 Å². The molecule has 78 valence electrons. The van der Waals surface area contributed by atoms with Crippen LogP contribution >= 0.6 is 0 Å². The molecule has 0 heterocycles. The largest absolute Gasteiger partial charge is 0.478 e. The molecule has 0 radical (unpaired) electrons. The normalized spacial score (nSPS) is 9.21. The van der Waals surface area contributed by atoms with Gasteiger partial charge in [-0.05, 0) is 19.8 Å². The van der Waals surface area contributed by atoms with Gasteiger partial charge in [0.15, 0.2) is 0 Å². The van der Waals surface area contributed by atoms with E-state index in [0.29, 0.717) is 18.4 Å². The van der Waals surface area contributed by atoms with E-state index >= 15 is 0 Å². The monoisotopic (exact) mass is 198 g/mol. The Hall–Kier alpha value is -1.58. The Morgan fingerprint density at radius 3 is 2.36 bits per heavy atom. The third kappa shape index (κ3) is 5.13. The second-order valence-electron chi connectivity index (χ2n) is 2.93. The lowest BCUT2D eigenvalue weighted by Crippen LogP contribution is -2.07. The molecule has 14 heavy (non-hydrogen) atoms. The number of aliphatic carboxylic acids is 1. The fourth-order valence-electron chi connectivity index (χ4n) is 0.681. The van der Waals surface area contributed by atoms with Crippen LogP contribution in [0.25, 0.3) is 0 Å². The van der Waals surface area contributed by atoms with Crippen LogP contribution in [-0.4, -0.2) is 23.7 Å². The highest BCUT2D eigenvalue weighted by molar-refractivity contribution is 5.87. The maximum Gasteiger partial charge on any atom is 0.333 e. The SMILES string of the molecule is C=C(C)C(=O)OCCCC(=C)C(=O)O. The Bertz CT molecular complexity index is 237. The Morgan fingerprint density at radius 1 is 1.36 bits per heavy atom. The van der Waals surface area contributed by atoms with Crippen LogP contribution in [0, 0.1) is 0 Å². The Kier molecular flexibility index (Phi) is 5.29. The van der Waals surface area contributed by atoms with E-state index in [2.05, 4.69) is 13.2 Å². The minimum absolute atomic E-state index is 0.122. The first kappa shape index (κ1) is 12.4.